The molecule has 0 aliphatic rings. The molecule has 0 saturated heterocycles. The van der Waals surface area contributed by atoms with Gasteiger partial charge in [-0.25, -0.2) is 8.42 Å². The first kappa shape index (κ1) is 22.0. The molecule has 0 spiro atoms. The van der Waals surface area contributed by atoms with Crippen molar-refractivity contribution in [1.29, 1.82) is 0 Å². The van der Waals surface area contributed by atoms with Crippen LogP contribution in [0.1, 0.15) is 31.8 Å². The molecule has 0 radical (unpaired) electrons. The number of carbonyl (C=O) groups excluding carboxylic acids is 2. The standard InChI is InChI=1S/C26H20N2O4S/c27-21-11-7-17(8-12-21)25(29)19-3-1-5-23(15-19)33(31,32)24-6-2-4-20(16-24)26(30)18-9-13-22(28)14-10-18/h1-16H,27-28H2. The lowest BCUT2D eigenvalue weighted by molar-refractivity contribution is 0.103. The molecule has 0 amide bonds. The van der Waals surface area contributed by atoms with Crippen molar-refractivity contribution in [2.75, 3.05) is 11.5 Å². The van der Waals surface area contributed by atoms with Crippen LogP contribution in [0.5, 0.6) is 0 Å². The molecule has 0 aliphatic carbocycles. The number of nitrogens with two attached hydrogens (primary N) is 2. The van der Waals surface area contributed by atoms with Crippen LogP contribution in [-0.2, 0) is 9.84 Å². The predicted molar refractivity (Wildman–Crippen MR) is 127 cm³/mol. The predicted octanol–water partition coefficient (Wildman–Crippen LogP) is 4.15. The number of benzene rings is 4. The molecule has 4 aromatic rings. The molecule has 0 aromatic heterocycles. The number of carbonyl (C=O) groups is 2. The van der Waals surface area contributed by atoms with Crippen LogP contribution in [0.2, 0.25) is 0 Å². The topological polar surface area (TPSA) is 120 Å². The molecule has 0 unspecified atom stereocenters. The number of hydrogen-bond acceptors (Lipinski definition) is 6. The Morgan fingerprint density at radius 3 is 1.24 bits per heavy atom. The number of anilines is 2. The third-order valence-electron chi connectivity index (χ3n) is 5.16. The third kappa shape index (κ3) is 4.53. The zero-order valence-corrected chi connectivity index (χ0v) is 18.3. The summed E-state index contributed by atoms with van der Waals surface area (Å²) in [5, 5.41) is 0. The minimum Gasteiger partial charge on any atom is -0.399 e. The highest BCUT2D eigenvalue weighted by Crippen LogP contribution is 2.25. The van der Waals surface area contributed by atoms with Gasteiger partial charge >= 0.3 is 0 Å². The maximum Gasteiger partial charge on any atom is 0.206 e. The summed E-state index contributed by atoms with van der Waals surface area (Å²) < 4.78 is 26.6. The summed E-state index contributed by atoms with van der Waals surface area (Å²) in [6.45, 7) is 0. The van der Waals surface area contributed by atoms with Gasteiger partial charge in [-0.05, 0) is 72.8 Å². The van der Waals surface area contributed by atoms with E-state index in [1.54, 1.807) is 60.7 Å². The highest BCUT2D eigenvalue weighted by atomic mass is 32.2. The highest BCUT2D eigenvalue weighted by Gasteiger charge is 2.21. The van der Waals surface area contributed by atoms with Crippen LogP contribution in [-0.4, -0.2) is 20.0 Å². The Bertz CT molecular complexity index is 1350. The summed E-state index contributed by atoms with van der Waals surface area (Å²) in [5.74, 6) is -0.640. The minimum absolute atomic E-state index is 0.0409. The van der Waals surface area contributed by atoms with E-state index in [1.807, 2.05) is 0 Å². The van der Waals surface area contributed by atoms with Gasteiger partial charge in [-0.1, -0.05) is 24.3 Å². The Balaban J connectivity index is 1.68. The summed E-state index contributed by atoms with van der Waals surface area (Å²) in [6.07, 6.45) is 0. The lowest BCUT2D eigenvalue weighted by Crippen LogP contribution is -2.08. The van der Waals surface area contributed by atoms with Crippen LogP contribution in [0.25, 0.3) is 0 Å². The second-order valence-corrected chi connectivity index (χ2v) is 9.41. The molecule has 0 heterocycles. The summed E-state index contributed by atoms with van der Waals surface area (Å²) in [7, 11) is -3.97. The van der Waals surface area contributed by atoms with Gasteiger partial charge in [0.05, 0.1) is 9.79 Å². The van der Waals surface area contributed by atoms with E-state index in [0.717, 1.165) is 0 Å². The fraction of sp³-hybridized carbons (Fsp3) is 0. The van der Waals surface area contributed by atoms with Crippen molar-refractivity contribution in [1.82, 2.24) is 0 Å². The van der Waals surface area contributed by atoms with Gasteiger partial charge in [-0.3, -0.25) is 9.59 Å². The molecule has 33 heavy (non-hydrogen) atoms. The van der Waals surface area contributed by atoms with E-state index in [0.29, 0.717) is 22.5 Å². The summed E-state index contributed by atoms with van der Waals surface area (Å²) in [5.41, 5.74) is 13.6. The lowest BCUT2D eigenvalue weighted by Gasteiger charge is -2.09. The first-order valence-corrected chi connectivity index (χ1v) is 11.5. The van der Waals surface area contributed by atoms with Gasteiger partial charge in [0.25, 0.3) is 0 Å². The fourth-order valence-corrected chi connectivity index (χ4v) is 4.70. The molecule has 6 nitrogen and oxygen atoms in total. The monoisotopic (exact) mass is 456 g/mol. The Kier molecular flexibility index (Phi) is 5.81. The average Bonchev–Trinajstić information content (AvgIpc) is 2.84. The van der Waals surface area contributed by atoms with Crippen LogP contribution in [0.3, 0.4) is 0 Å². The molecule has 164 valence electrons. The average molecular weight is 457 g/mol. The van der Waals surface area contributed by atoms with Crippen molar-refractivity contribution >= 4 is 32.8 Å². The minimum atomic E-state index is -3.97. The van der Waals surface area contributed by atoms with Gasteiger partial charge in [-0.15, -0.1) is 0 Å². The van der Waals surface area contributed by atoms with E-state index in [4.69, 9.17) is 11.5 Å². The van der Waals surface area contributed by atoms with Crippen molar-refractivity contribution in [3.8, 4) is 0 Å². The van der Waals surface area contributed by atoms with E-state index < -0.39 is 9.84 Å². The number of nitrogen functional groups attached to an aromatic ring is 2. The quantitative estimate of drug-likeness (QED) is 0.332. The zero-order valence-electron chi connectivity index (χ0n) is 17.4. The van der Waals surface area contributed by atoms with E-state index in [1.165, 1.54) is 36.4 Å². The first-order chi connectivity index (χ1) is 15.8. The molecule has 7 heteroatoms. The Hall–Kier alpha value is -4.23. The second-order valence-electron chi connectivity index (χ2n) is 7.46. The van der Waals surface area contributed by atoms with Crippen molar-refractivity contribution in [3.63, 3.8) is 0 Å². The Labute approximate surface area is 191 Å². The maximum atomic E-state index is 13.3. The maximum absolute atomic E-state index is 13.3. The van der Waals surface area contributed by atoms with E-state index in [-0.39, 0.29) is 32.5 Å². The molecule has 0 saturated carbocycles. The van der Waals surface area contributed by atoms with Crippen LogP contribution >= 0.6 is 0 Å². The first-order valence-electron chi connectivity index (χ1n) is 10.0. The SMILES string of the molecule is Nc1ccc(C(=O)c2cccc(S(=O)(=O)c3cccc(C(=O)c4ccc(N)cc4)c3)c2)cc1. The van der Waals surface area contributed by atoms with E-state index in [2.05, 4.69) is 0 Å². The fourth-order valence-electron chi connectivity index (χ4n) is 3.35. The number of sulfone groups is 1. The number of hydrogen-bond donors (Lipinski definition) is 2. The van der Waals surface area contributed by atoms with Crippen LogP contribution < -0.4 is 11.5 Å². The second kappa shape index (κ2) is 8.72. The molecular formula is C26H20N2O4S. The third-order valence-corrected chi connectivity index (χ3v) is 6.91. The molecule has 0 fully saturated rings. The van der Waals surface area contributed by atoms with Gasteiger partial charge in [0, 0.05) is 33.6 Å². The van der Waals surface area contributed by atoms with Gasteiger partial charge in [0.2, 0.25) is 9.84 Å². The summed E-state index contributed by atoms with van der Waals surface area (Å²) in [4.78, 5) is 25.5. The van der Waals surface area contributed by atoms with E-state index >= 15 is 0 Å². The molecule has 4 N–H and O–H groups in total. The highest BCUT2D eigenvalue weighted by molar-refractivity contribution is 7.91. The van der Waals surface area contributed by atoms with Gasteiger partial charge in [0.1, 0.15) is 0 Å². The van der Waals surface area contributed by atoms with E-state index in [9.17, 15) is 18.0 Å². The largest absolute Gasteiger partial charge is 0.399 e. The summed E-state index contributed by atoms with van der Waals surface area (Å²) >= 11 is 0. The molecular weight excluding hydrogens is 436 g/mol. The van der Waals surface area contributed by atoms with Crippen molar-refractivity contribution in [2.24, 2.45) is 0 Å². The van der Waals surface area contributed by atoms with Crippen LogP contribution in [0, 0.1) is 0 Å². The molecule has 0 bridgehead atoms. The zero-order chi connectivity index (χ0) is 23.6. The van der Waals surface area contributed by atoms with Gasteiger partial charge < -0.3 is 11.5 Å². The smallest absolute Gasteiger partial charge is 0.206 e. The summed E-state index contributed by atoms with van der Waals surface area (Å²) in [6, 6.07) is 24.4. The number of ketones is 2. The molecule has 4 rings (SSSR count). The van der Waals surface area contributed by atoms with Crippen LogP contribution in [0.15, 0.2) is 107 Å². The lowest BCUT2D eigenvalue weighted by atomic mass is 10.0. The van der Waals surface area contributed by atoms with Crippen LogP contribution in [0.4, 0.5) is 11.4 Å². The number of rotatable bonds is 6. The van der Waals surface area contributed by atoms with Gasteiger partial charge in [-0.2, -0.15) is 0 Å². The Morgan fingerprint density at radius 2 is 0.879 bits per heavy atom. The Morgan fingerprint density at radius 1 is 0.515 bits per heavy atom. The van der Waals surface area contributed by atoms with Gasteiger partial charge in [0.15, 0.2) is 11.6 Å². The van der Waals surface area contributed by atoms with Crippen molar-refractivity contribution < 1.29 is 18.0 Å². The van der Waals surface area contributed by atoms with Crippen molar-refractivity contribution in [2.45, 2.75) is 9.79 Å². The van der Waals surface area contributed by atoms with Crippen molar-refractivity contribution in [3.05, 3.63) is 119 Å². The molecule has 0 atom stereocenters. The normalized spacial score (nSPS) is 11.2. The molecule has 0 aliphatic heterocycles. The molecule has 4 aromatic carbocycles.